The van der Waals surface area contributed by atoms with Crippen molar-refractivity contribution in [2.45, 2.75) is 26.9 Å². The lowest BCUT2D eigenvalue weighted by Gasteiger charge is -2.19. The standard InChI is InChI=1S/C11H17F3N4/c1-10(2,3)6-16-8-5-7(15-4)17-9(18-8)11(12,13)14/h5H,6H2,1-4H3,(H2,15,16,17,18). The van der Waals surface area contributed by atoms with Gasteiger partial charge in [0.05, 0.1) is 0 Å². The summed E-state index contributed by atoms with van der Waals surface area (Å²) in [7, 11) is 1.51. The lowest BCUT2D eigenvalue weighted by atomic mass is 9.97. The summed E-state index contributed by atoms with van der Waals surface area (Å²) in [6.07, 6.45) is -4.55. The van der Waals surface area contributed by atoms with E-state index in [1.54, 1.807) is 0 Å². The summed E-state index contributed by atoms with van der Waals surface area (Å²) in [5.41, 5.74) is -0.0524. The molecule has 0 fully saturated rings. The highest BCUT2D eigenvalue weighted by Crippen LogP contribution is 2.28. The molecule has 0 aliphatic heterocycles. The van der Waals surface area contributed by atoms with Crippen LogP contribution in [0, 0.1) is 5.41 Å². The van der Waals surface area contributed by atoms with E-state index in [0.29, 0.717) is 6.54 Å². The van der Waals surface area contributed by atoms with Crippen molar-refractivity contribution in [3.05, 3.63) is 11.9 Å². The fraction of sp³-hybridized carbons (Fsp3) is 0.636. The molecule has 0 spiro atoms. The van der Waals surface area contributed by atoms with Gasteiger partial charge < -0.3 is 10.6 Å². The van der Waals surface area contributed by atoms with Gasteiger partial charge in [-0.3, -0.25) is 0 Å². The molecule has 0 bridgehead atoms. The van der Waals surface area contributed by atoms with Crippen LogP contribution in [-0.2, 0) is 6.18 Å². The number of aromatic nitrogens is 2. The minimum absolute atomic E-state index is 0.0524. The Labute approximate surface area is 104 Å². The lowest BCUT2D eigenvalue weighted by Crippen LogP contribution is -2.21. The van der Waals surface area contributed by atoms with Crippen molar-refractivity contribution in [2.24, 2.45) is 5.41 Å². The van der Waals surface area contributed by atoms with Crippen molar-refractivity contribution >= 4 is 11.6 Å². The molecule has 0 aliphatic rings. The largest absolute Gasteiger partial charge is 0.451 e. The van der Waals surface area contributed by atoms with Gasteiger partial charge in [-0.2, -0.15) is 13.2 Å². The van der Waals surface area contributed by atoms with Gasteiger partial charge in [0, 0.05) is 19.7 Å². The minimum atomic E-state index is -4.55. The molecule has 0 saturated heterocycles. The quantitative estimate of drug-likeness (QED) is 0.879. The van der Waals surface area contributed by atoms with Crippen molar-refractivity contribution < 1.29 is 13.2 Å². The zero-order chi connectivity index (χ0) is 14.0. The van der Waals surface area contributed by atoms with Gasteiger partial charge >= 0.3 is 6.18 Å². The number of rotatable bonds is 3. The fourth-order valence-corrected chi connectivity index (χ4v) is 1.15. The van der Waals surface area contributed by atoms with Gasteiger partial charge in [0.15, 0.2) is 0 Å². The molecule has 0 unspecified atom stereocenters. The number of nitrogens with zero attached hydrogens (tertiary/aromatic N) is 2. The number of hydrogen-bond donors (Lipinski definition) is 2. The average Bonchev–Trinajstić information content (AvgIpc) is 2.24. The normalized spacial score (nSPS) is 12.4. The number of halogens is 3. The first kappa shape index (κ1) is 14.5. The maximum Gasteiger partial charge on any atom is 0.451 e. The molecular weight excluding hydrogens is 245 g/mol. The molecule has 0 atom stereocenters. The Morgan fingerprint density at radius 2 is 1.67 bits per heavy atom. The second kappa shape index (κ2) is 4.99. The van der Waals surface area contributed by atoms with Crippen molar-refractivity contribution in [3.63, 3.8) is 0 Å². The Bertz CT molecular complexity index is 410. The summed E-state index contributed by atoms with van der Waals surface area (Å²) in [5, 5.41) is 5.47. The first-order valence-electron chi connectivity index (χ1n) is 5.50. The van der Waals surface area contributed by atoms with E-state index in [4.69, 9.17) is 0 Å². The molecule has 1 aromatic heterocycles. The molecule has 0 aromatic carbocycles. The molecule has 18 heavy (non-hydrogen) atoms. The molecule has 2 N–H and O–H groups in total. The summed E-state index contributed by atoms with van der Waals surface area (Å²) in [6.45, 7) is 6.45. The van der Waals surface area contributed by atoms with Crippen LogP contribution in [0.1, 0.15) is 26.6 Å². The van der Waals surface area contributed by atoms with Crippen LogP contribution >= 0.6 is 0 Å². The van der Waals surface area contributed by atoms with Crippen LogP contribution in [0.15, 0.2) is 6.07 Å². The van der Waals surface area contributed by atoms with E-state index in [2.05, 4.69) is 20.6 Å². The van der Waals surface area contributed by atoms with Gasteiger partial charge in [-0.15, -0.1) is 0 Å². The molecule has 0 saturated carbocycles. The van der Waals surface area contributed by atoms with Crippen molar-refractivity contribution in [3.8, 4) is 0 Å². The molecule has 0 radical (unpaired) electrons. The zero-order valence-electron chi connectivity index (χ0n) is 10.8. The van der Waals surface area contributed by atoms with Crippen LogP contribution in [0.2, 0.25) is 0 Å². The predicted octanol–water partition coefficient (Wildman–Crippen LogP) is 3.00. The maximum atomic E-state index is 12.6. The molecule has 0 amide bonds. The number of alkyl halides is 3. The molecule has 0 aliphatic carbocycles. The Kier molecular flexibility index (Phi) is 4.03. The van der Waals surface area contributed by atoms with Crippen LogP contribution in [-0.4, -0.2) is 23.6 Å². The molecule has 102 valence electrons. The number of hydrogen-bond acceptors (Lipinski definition) is 4. The maximum absolute atomic E-state index is 12.6. The predicted molar refractivity (Wildman–Crippen MR) is 64.5 cm³/mol. The van der Waals surface area contributed by atoms with Crippen LogP contribution in [0.5, 0.6) is 0 Å². The Hall–Kier alpha value is -1.53. The van der Waals surface area contributed by atoms with Crippen LogP contribution in [0.3, 0.4) is 0 Å². The lowest BCUT2D eigenvalue weighted by molar-refractivity contribution is -0.144. The molecule has 4 nitrogen and oxygen atoms in total. The van der Waals surface area contributed by atoms with Crippen LogP contribution in [0.25, 0.3) is 0 Å². The fourth-order valence-electron chi connectivity index (χ4n) is 1.15. The Balaban J connectivity index is 2.98. The third-order valence-electron chi connectivity index (χ3n) is 2.04. The van der Waals surface area contributed by atoms with E-state index in [1.807, 2.05) is 20.8 Å². The summed E-state index contributed by atoms with van der Waals surface area (Å²) in [6, 6.07) is 1.45. The molecule has 1 aromatic rings. The van der Waals surface area contributed by atoms with Gasteiger partial charge in [-0.1, -0.05) is 20.8 Å². The molecule has 7 heteroatoms. The SMILES string of the molecule is CNc1cc(NCC(C)(C)C)nc(C(F)(F)F)n1. The van der Waals surface area contributed by atoms with E-state index in [9.17, 15) is 13.2 Å². The second-order valence-electron chi connectivity index (χ2n) is 5.12. The third-order valence-corrected chi connectivity index (χ3v) is 2.04. The topological polar surface area (TPSA) is 49.8 Å². The number of anilines is 2. The Morgan fingerprint density at radius 1 is 1.11 bits per heavy atom. The van der Waals surface area contributed by atoms with Crippen molar-refractivity contribution in [1.82, 2.24) is 9.97 Å². The van der Waals surface area contributed by atoms with E-state index in [-0.39, 0.29) is 17.1 Å². The smallest absolute Gasteiger partial charge is 0.373 e. The summed E-state index contributed by atoms with van der Waals surface area (Å²) in [5.74, 6) is -0.851. The summed E-state index contributed by atoms with van der Waals surface area (Å²) in [4.78, 5) is 6.85. The zero-order valence-corrected chi connectivity index (χ0v) is 10.8. The first-order chi connectivity index (χ1) is 8.12. The van der Waals surface area contributed by atoms with Gasteiger partial charge in [0.25, 0.3) is 0 Å². The first-order valence-corrected chi connectivity index (χ1v) is 5.50. The van der Waals surface area contributed by atoms with Gasteiger partial charge in [0.1, 0.15) is 11.6 Å². The van der Waals surface area contributed by atoms with Crippen LogP contribution in [0.4, 0.5) is 24.8 Å². The Morgan fingerprint density at radius 3 is 2.11 bits per heavy atom. The monoisotopic (exact) mass is 262 g/mol. The highest BCUT2D eigenvalue weighted by atomic mass is 19.4. The minimum Gasteiger partial charge on any atom is -0.373 e. The molecule has 1 heterocycles. The summed E-state index contributed by atoms with van der Waals surface area (Å²) >= 11 is 0. The molecular formula is C11H17F3N4. The van der Waals surface area contributed by atoms with Crippen molar-refractivity contribution in [2.75, 3.05) is 24.2 Å². The highest BCUT2D eigenvalue weighted by molar-refractivity contribution is 5.47. The third kappa shape index (κ3) is 4.38. The van der Waals surface area contributed by atoms with Gasteiger partial charge in [0.2, 0.25) is 5.82 Å². The van der Waals surface area contributed by atoms with Gasteiger partial charge in [-0.05, 0) is 5.41 Å². The van der Waals surface area contributed by atoms with Crippen molar-refractivity contribution in [1.29, 1.82) is 0 Å². The molecule has 1 rings (SSSR count). The van der Waals surface area contributed by atoms with E-state index in [1.165, 1.54) is 13.1 Å². The van der Waals surface area contributed by atoms with E-state index < -0.39 is 12.0 Å². The van der Waals surface area contributed by atoms with Crippen LogP contribution < -0.4 is 10.6 Å². The second-order valence-corrected chi connectivity index (χ2v) is 5.12. The van der Waals surface area contributed by atoms with E-state index >= 15 is 0 Å². The highest BCUT2D eigenvalue weighted by Gasteiger charge is 2.35. The van der Waals surface area contributed by atoms with Gasteiger partial charge in [-0.25, -0.2) is 9.97 Å². The number of nitrogens with one attached hydrogen (secondary N) is 2. The summed E-state index contributed by atoms with van der Waals surface area (Å²) < 4.78 is 37.7. The average molecular weight is 262 g/mol. The van der Waals surface area contributed by atoms with E-state index in [0.717, 1.165) is 0 Å².